The van der Waals surface area contributed by atoms with Crippen LogP contribution >= 0.6 is 0 Å². The molecular formula is C14H22N2O3. The Morgan fingerprint density at radius 3 is 2.26 bits per heavy atom. The highest BCUT2D eigenvalue weighted by molar-refractivity contribution is 5.86. The van der Waals surface area contributed by atoms with Crippen molar-refractivity contribution >= 4 is 11.8 Å². The SMILES string of the molecule is CC(C)(C)OC(=O)Nc1ccc(C(C)(C)N)cc1O. The number of carbonyl (C=O) groups is 1. The van der Waals surface area contributed by atoms with E-state index >= 15 is 0 Å². The molecule has 0 spiro atoms. The number of phenols is 1. The molecule has 0 radical (unpaired) electrons. The molecule has 0 bridgehead atoms. The lowest BCUT2D eigenvalue weighted by Gasteiger charge is -2.21. The summed E-state index contributed by atoms with van der Waals surface area (Å²) in [6.45, 7) is 8.98. The molecule has 4 N–H and O–H groups in total. The zero-order valence-electron chi connectivity index (χ0n) is 12.1. The number of ether oxygens (including phenoxy) is 1. The maximum absolute atomic E-state index is 11.6. The van der Waals surface area contributed by atoms with Gasteiger partial charge in [0.2, 0.25) is 0 Å². The quantitative estimate of drug-likeness (QED) is 0.718. The minimum Gasteiger partial charge on any atom is -0.506 e. The van der Waals surface area contributed by atoms with Crippen molar-refractivity contribution in [3.8, 4) is 5.75 Å². The molecule has 1 aromatic carbocycles. The van der Waals surface area contributed by atoms with Gasteiger partial charge in [0, 0.05) is 5.54 Å². The lowest BCUT2D eigenvalue weighted by Crippen LogP contribution is -2.29. The molecule has 19 heavy (non-hydrogen) atoms. The summed E-state index contributed by atoms with van der Waals surface area (Å²) >= 11 is 0. The van der Waals surface area contributed by atoms with E-state index in [0.717, 1.165) is 5.56 Å². The fraction of sp³-hybridized carbons (Fsp3) is 0.500. The molecule has 1 amide bonds. The van der Waals surface area contributed by atoms with E-state index in [1.165, 1.54) is 6.07 Å². The van der Waals surface area contributed by atoms with Crippen LogP contribution in [0.5, 0.6) is 5.75 Å². The number of hydrogen-bond acceptors (Lipinski definition) is 4. The van der Waals surface area contributed by atoms with E-state index in [1.54, 1.807) is 32.9 Å². The molecule has 0 heterocycles. The number of carbonyl (C=O) groups excluding carboxylic acids is 1. The molecule has 106 valence electrons. The molecule has 1 aromatic rings. The van der Waals surface area contributed by atoms with E-state index in [1.807, 2.05) is 13.8 Å². The zero-order valence-corrected chi connectivity index (χ0v) is 12.1. The largest absolute Gasteiger partial charge is 0.506 e. The molecule has 1 rings (SSSR count). The van der Waals surface area contributed by atoms with Crippen LogP contribution < -0.4 is 11.1 Å². The molecule has 0 aromatic heterocycles. The van der Waals surface area contributed by atoms with Crippen LogP contribution in [0.25, 0.3) is 0 Å². The first kappa shape index (κ1) is 15.3. The number of nitrogens with one attached hydrogen (secondary N) is 1. The molecule has 0 saturated heterocycles. The number of rotatable bonds is 2. The van der Waals surface area contributed by atoms with Gasteiger partial charge in [-0.2, -0.15) is 0 Å². The highest BCUT2D eigenvalue weighted by Crippen LogP contribution is 2.28. The summed E-state index contributed by atoms with van der Waals surface area (Å²) in [5.74, 6) is -0.0399. The summed E-state index contributed by atoms with van der Waals surface area (Å²) in [7, 11) is 0. The average molecular weight is 266 g/mol. The summed E-state index contributed by atoms with van der Waals surface area (Å²) in [4.78, 5) is 11.6. The number of phenolic OH excluding ortho intramolecular Hbond substituents is 1. The molecule has 0 saturated carbocycles. The van der Waals surface area contributed by atoms with Gasteiger partial charge in [-0.05, 0) is 52.3 Å². The van der Waals surface area contributed by atoms with Crippen molar-refractivity contribution < 1.29 is 14.6 Å². The highest BCUT2D eigenvalue weighted by atomic mass is 16.6. The molecule has 0 aliphatic heterocycles. The van der Waals surface area contributed by atoms with Crippen LogP contribution in [0.15, 0.2) is 18.2 Å². The van der Waals surface area contributed by atoms with Gasteiger partial charge in [-0.3, -0.25) is 5.32 Å². The summed E-state index contributed by atoms with van der Waals surface area (Å²) < 4.78 is 5.11. The summed E-state index contributed by atoms with van der Waals surface area (Å²) in [6, 6.07) is 4.89. The van der Waals surface area contributed by atoms with Crippen molar-refractivity contribution in [3.05, 3.63) is 23.8 Å². The molecule has 0 unspecified atom stereocenters. The van der Waals surface area contributed by atoms with Crippen LogP contribution in [0.2, 0.25) is 0 Å². The lowest BCUT2D eigenvalue weighted by molar-refractivity contribution is 0.0635. The second kappa shape index (κ2) is 5.09. The van der Waals surface area contributed by atoms with Gasteiger partial charge in [0.1, 0.15) is 11.4 Å². The maximum Gasteiger partial charge on any atom is 0.412 e. The smallest absolute Gasteiger partial charge is 0.412 e. The van der Waals surface area contributed by atoms with Gasteiger partial charge in [-0.1, -0.05) is 6.07 Å². The highest BCUT2D eigenvalue weighted by Gasteiger charge is 2.19. The van der Waals surface area contributed by atoms with Crippen LogP contribution in [0.1, 0.15) is 40.2 Å². The zero-order chi connectivity index (χ0) is 14.8. The third kappa shape index (κ3) is 4.79. The van der Waals surface area contributed by atoms with Crippen molar-refractivity contribution in [2.75, 3.05) is 5.32 Å². The Hall–Kier alpha value is -1.75. The van der Waals surface area contributed by atoms with Gasteiger partial charge in [0.25, 0.3) is 0 Å². The Kier molecular flexibility index (Phi) is 4.10. The molecule has 5 heteroatoms. The van der Waals surface area contributed by atoms with Crippen molar-refractivity contribution in [2.24, 2.45) is 5.73 Å². The van der Waals surface area contributed by atoms with Crippen molar-refractivity contribution in [3.63, 3.8) is 0 Å². The standard InChI is InChI=1S/C14H22N2O3/c1-13(2,3)19-12(18)16-10-7-6-9(8-11(10)17)14(4,5)15/h6-8,17H,15H2,1-5H3,(H,16,18). The second-order valence-electron chi connectivity index (χ2n) is 6.08. The molecular weight excluding hydrogens is 244 g/mol. The predicted molar refractivity (Wildman–Crippen MR) is 75.2 cm³/mol. The Balaban J connectivity index is 2.84. The first-order valence-electron chi connectivity index (χ1n) is 6.11. The van der Waals surface area contributed by atoms with Crippen molar-refractivity contribution in [1.29, 1.82) is 0 Å². The molecule has 5 nitrogen and oxygen atoms in total. The third-order valence-corrected chi connectivity index (χ3v) is 2.38. The first-order chi connectivity index (χ1) is 8.49. The minimum absolute atomic E-state index is 0.0399. The van der Waals surface area contributed by atoms with Gasteiger partial charge in [-0.15, -0.1) is 0 Å². The number of amides is 1. The van der Waals surface area contributed by atoms with E-state index in [-0.39, 0.29) is 5.75 Å². The maximum atomic E-state index is 11.6. The molecule has 0 atom stereocenters. The van der Waals surface area contributed by atoms with Crippen LogP contribution in [-0.4, -0.2) is 16.8 Å². The van der Waals surface area contributed by atoms with Crippen LogP contribution in [-0.2, 0) is 10.3 Å². The lowest BCUT2D eigenvalue weighted by atomic mass is 9.95. The van der Waals surface area contributed by atoms with E-state index < -0.39 is 17.2 Å². The minimum atomic E-state index is -0.609. The monoisotopic (exact) mass is 266 g/mol. The Bertz CT molecular complexity index is 471. The number of benzene rings is 1. The number of anilines is 1. The summed E-state index contributed by atoms with van der Waals surface area (Å²) in [6.07, 6.45) is -0.609. The third-order valence-electron chi connectivity index (χ3n) is 2.38. The number of nitrogens with two attached hydrogens (primary N) is 1. The average Bonchev–Trinajstić information content (AvgIpc) is 2.16. The fourth-order valence-electron chi connectivity index (χ4n) is 1.45. The van der Waals surface area contributed by atoms with E-state index in [0.29, 0.717) is 5.69 Å². The van der Waals surface area contributed by atoms with Gasteiger partial charge < -0.3 is 15.6 Å². The van der Waals surface area contributed by atoms with Crippen LogP contribution in [0.4, 0.5) is 10.5 Å². The van der Waals surface area contributed by atoms with Gasteiger partial charge in [0.15, 0.2) is 0 Å². The molecule has 0 aliphatic rings. The van der Waals surface area contributed by atoms with Gasteiger partial charge >= 0.3 is 6.09 Å². The fourth-order valence-corrected chi connectivity index (χ4v) is 1.45. The molecule has 0 aliphatic carbocycles. The number of hydrogen-bond donors (Lipinski definition) is 3. The topological polar surface area (TPSA) is 84.6 Å². The van der Waals surface area contributed by atoms with E-state index in [9.17, 15) is 9.90 Å². The number of aromatic hydroxyl groups is 1. The van der Waals surface area contributed by atoms with Crippen LogP contribution in [0.3, 0.4) is 0 Å². The van der Waals surface area contributed by atoms with Crippen molar-refractivity contribution in [2.45, 2.75) is 45.8 Å². The van der Waals surface area contributed by atoms with Crippen molar-refractivity contribution in [1.82, 2.24) is 0 Å². The van der Waals surface area contributed by atoms with E-state index in [2.05, 4.69) is 5.32 Å². The summed E-state index contributed by atoms with van der Waals surface area (Å²) in [5, 5.41) is 12.4. The summed E-state index contributed by atoms with van der Waals surface area (Å²) in [5.41, 5.74) is 5.87. The molecule has 0 fully saturated rings. The normalized spacial score (nSPS) is 12.1. The predicted octanol–water partition coefficient (Wildman–Crippen LogP) is 2.93. The van der Waals surface area contributed by atoms with E-state index in [4.69, 9.17) is 10.5 Å². The Morgan fingerprint density at radius 2 is 1.84 bits per heavy atom. The van der Waals surface area contributed by atoms with Gasteiger partial charge in [0.05, 0.1) is 5.69 Å². The van der Waals surface area contributed by atoms with Crippen LogP contribution in [0, 0.1) is 0 Å². The Morgan fingerprint density at radius 1 is 1.26 bits per heavy atom. The van der Waals surface area contributed by atoms with Gasteiger partial charge in [-0.25, -0.2) is 4.79 Å². The first-order valence-corrected chi connectivity index (χ1v) is 6.11. The Labute approximate surface area is 113 Å². The second-order valence-corrected chi connectivity index (χ2v) is 6.08.